The fraction of sp³-hybridized carbons (Fsp3) is 0.278. The number of benzene rings is 2. The van der Waals surface area contributed by atoms with Crippen LogP contribution in [0.2, 0.25) is 0 Å². The Morgan fingerprint density at radius 1 is 1.09 bits per heavy atom. The molecule has 1 amide bonds. The average Bonchev–Trinajstić information content (AvgIpc) is 2.54. The molecule has 4 heteroatoms. The molecule has 0 aliphatic carbocycles. The molecule has 1 aliphatic heterocycles. The maximum Gasteiger partial charge on any atom is 0.251 e. The van der Waals surface area contributed by atoms with Gasteiger partial charge in [-0.1, -0.05) is 23.8 Å². The third-order valence-corrected chi connectivity index (χ3v) is 3.69. The van der Waals surface area contributed by atoms with Crippen LogP contribution in [0, 0.1) is 6.92 Å². The van der Waals surface area contributed by atoms with Crippen LogP contribution >= 0.6 is 0 Å². The van der Waals surface area contributed by atoms with Crippen LogP contribution in [0.3, 0.4) is 0 Å². The van der Waals surface area contributed by atoms with Crippen molar-refractivity contribution in [3.05, 3.63) is 59.2 Å². The number of hydrogen-bond donors (Lipinski definition) is 1. The molecule has 114 valence electrons. The SMILES string of the molecule is Cc1cccc(C(=O)NC(C)c2ccc3c(c2)OCCO3)c1. The van der Waals surface area contributed by atoms with Gasteiger partial charge < -0.3 is 14.8 Å². The summed E-state index contributed by atoms with van der Waals surface area (Å²) < 4.78 is 11.1. The van der Waals surface area contributed by atoms with Crippen LogP contribution in [0.5, 0.6) is 11.5 Å². The summed E-state index contributed by atoms with van der Waals surface area (Å²) in [4.78, 5) is 12.3. The van der Waals surface area contributed by atoms with Crippen LogP contribution < -0.4 is 14.8 Å². The Hall–Kier alpha value is -2.49. The fourth-order valence-electron chi connectivity index (χ4n) is 2.48. The largest absolute Gasteiger partial charge is 0.486 e. The molecule has 1 heterocycles. The van der Waals surface area contributed by atoms with E-state index in [0.29, 0.717) is 18.8 Å². The minimum atomic E-state index is -0.108. The minimum absolute atomic E-state index is 0.0777. The molecule has 1 aliphatic rings. The summed E-state index contributed by atoms with van der Waals surface area (Å²) in [5.41, 5.74) is 2.73. The van der Waals surface area contributed by atoms with E-state index in [4.69, 9.17) is 9.47 Å². The number of amides is 1. The van der Waals surface area contributed by atoms with Gasteiger partial charge in [-0.2, -0.15) is 0 Å². The van der Waals surface area contributed by atoms with Crippen molar-refractivity contribution in [1.29, 1.82) is 0 Å². The number of nitrogens with one attached hydrogen (secondary N) is 1. The van der Waals surface area contributed by atoms with E-state index in [-0.39, 0.29) is 11.9 Å². The van der Waals surface area contributed by atoms with Crippen molar-refractivity contribution < 1.29 is 14.3 Å². The van der Waals surface area contributed by atoms with Gasteiger partial charge in [-0.25, -0.2) is 0 Å². The molecule has 1 atom stereocenters. The van der Waals surface area contributed by atoms with E-state index in [2.05, 4.69) is 5.32 Å². The van der Waals surface area contributed by atoms with E-state index in [1.54, 1.807) is 0 Å². The molecule has 1 N–H and O–H groups in total. The normalized spacial score (nSPS) is 14.3. The first-order valence-corrected chi connectivity index (χ1v) is 7.40. The zero-order chi connectivity index (χ0) is 15.5. The van der Waals surface area contributed by atoms with Crippen molar-refractivity contribution in [3.8, 4) is 11.5 Å². The Labute approximate surface area is 130 Å². The zero-order valence-electron chi connectivity index (χ0n) is 12.8. The lowest BCUT2D eigenvalue weighted by Gasteiger charge is -2.21. The van der Waals surface area contributed by atoms with E-state index in [0.717, 1.165) is 22.6 Å². The second-order valence-electron chi connectivity index (χ2n) is 5.47. The highest BCUT2D eigenvalue weighted by molar-refractivity contribution is 5.94. The average molecular weight is 297 g/mol. The summed E-state index contributed by atoms with van der Waals surface area (Å²) in [7, 11) is 0. The Bertz CT molecular complexity index is 696. The molecule has 0 radical (unpaired) electrons. The second kappa shape index (κ2) is 6.10. The first-order chi connectivity index (χ1) is 10.6. The number of fused-ring (bicyclic) bond motifs is 1. The molecule has 0 aromatic heterocycles. The lowest BCUT2D eigenvalue weighted by molar-refractivity contribution is 0.0939. The van der Waals surface area contributed by atoms with Gasteiger partial charge in [0.05, 0.1) is 6.04 Å². The minimum Gasteiger partial charge on any atom is -0.486 e. The van der Waals surface area contributed by atoms with Crippen LogP contribution in [-0.4, -0.2) is 19.1 Å². The molecule has 4 nitrogen and oxygen atoms in total. The zero-order valence-corrected chi connectivity index (χ0v) is 12.8. The first-order valence-electron chi connectivity index (χ1n) is 7.40. The predicted octanol–water partition coefficient (Wildman–Crippen LogP) is 3.26. The van der Waals surface area contributed by atoms with Gasteiger partial charge in [-0.3, -0.25) is 4.79 Å². The molecule has 2 aromatic rings. The van der Waals surface area contributed by atoms with Gasteiger partial charge >= 0.3 is 0 Å². The van der Waals surface area contributed by atoms with Gasteiger partial charge in [0.25, 0.3) is 5.91 Å². The highest BCUT2D eigenvalue weighted by atomic mass is 16.6. The molecule has 0 saturated heterocycles. The number of carbonyl (C=O) groups is 1. The molecule has 1 unspecified atom stereocenters. The van der Waals surface area contributed by atoms with Gasteiger partial charge in [0, 0.05) is 5.56 Å². The first kappa shape index (κ1) is 14.4. The highest BCUT2D eigenvalue weighted by Gasteiger charge is 2.16. The smallest absolute Gasteiger partial charge is 0.251 e. The van der Waals surface area contributed by atoms with Crippen LogP contribution in [0.15, 0.2) is 42.5 Å². The molecule has 0 saturated carbocycles. The Kier molecular flexibility index (Phi) is 4.00. The Morgan fingerprint density at radius 2 is 1.86 bits per heavy atom. The summed E-state index contributed by atoms with van der Waals surface area (Å²) in [6.07, 6.45) is 0. The standard InChI is InChI=1S/C18H19NO3/c1-12-4-3-5-15(10-12)18(20)19-13(2)14-6-7-16-17(11-14)22-9-8-21-16/h3-7,10-11,13H,8-9H2,1-2H3,(H,19,20). The third kappa shape index (κ3) is 3.06. The highest BCUT2D eigenvalue weighted by Crippen LogP contribution is 2.32. The van der Waals surface area contributed by atoms with E-state index in [1.807, 2.05) is 56.3 Å². The summed E-state index contributed by atoms with van der Waals surface area (Å²) in [6, 6.07) is 13.2. The Morgan fingerprint density at radius 3 is 2.64 bits per heavy atom. The molecular formula is C18H19NO3. The maximum absolute atomic E-state index is 12.3. The van der Waals surface area contributed by atoms with Crippen molar-refractivity contribution in [3.63, 3.8) is 0 Å². The fourth-order valence-corrected chi connectivity index (χ4v) is 2.48. The van der Waals surface area contributed by atoms with Crippen LogP contribution in [0.1, 0.15) is 34.5 Å². The third-order valence-electron chi connectivity index (χ3n) is 3.69. The number of carbonyl (C=O) groups excluding carboxylic acids is 1. The van der Waals surface area contributed by atoms with Gasteiger partial charge in [0.2, 0.25) is 0 Å². The molecule has 22 heavy (non-hydrogen) atoms. The number of hydrogen-bond acceptors (Lipinski definition) is 3. The number of ether oxygens (including phenoxy) is 2. The lowest BCUT2D eigenvalue weighted by atomic mass is 10.1. The quantitative estimate of drug-likeness (QED) is 0.946. The molecule has 0 spiro atoms. The molecule has 0 bridgehead atoms. The van der Waals surface area contributed by atoms with Crippen LogP contribution in [-0.2, 0) is 0 Å². The van der Waals surface area contributed by atoms with Crippen molar-refractivity contribution in [2.24, 2.45) is 0 Å². The molecular weight excluding hydrogens is 278 g/mol. The summed E-state index contributed by atoms with van der Waals surface area (Å²) in [5.74, 6) is 1.42. The van der Waals surface area contributed by atoms with E-state index < -0.39 is 0 Å². The van der Waals surface area contributed by atoms with Crippen molar-refractivity contribution in [2.75, 3.05) is 13.2 Å². The molecule has 0 fully saturated rings. The summed E-state index contributed by atoms with van der Waals surface area (Å²) >= 11 is 0. The Balaban J connectivity index is 1.74. The predicted molar refractivity (Wildman–Crippen MR) is 84.5 cm³/mol. The monoisotopic (exact) mass is 297 g/mol. The molecule has 3 rings (SSSR count). The van der Waals surface area contributed by atoms with E-state index in [1.165, 1.54) is 0 Å². The van der Waals surface area contributed by atoms with E-state index >= 15 is 0 Å². The van der Waals surface area contributed by atoms with Crippen molar-refractivity contribution in [1.82, 2.24) is 5.32 Å². The van der Waals surface area contributed by atoms with Gasteiger partial charge in [0.15, 0.2) is 11.5 Å². The van der Waals surface area contributed by atoms with Crippen molar-refractivity contribution >= 4 is 5.91 Å². The summed E-state index contributed by atoms with van der Waals surface area (Å²) in [5, 5.41) is 3.01. The van der Waals surface area contributed by atoms with E-state index in [9.17, 15) is 4.79 Å². The number of aryl methyl sites for hydroxylation is 1. The van der Waals surface area contributed by atoms with Gasteiger partial charge in [-0.05, 0) is 43.7 Å². The molecule has 2 aromatic carbocycles. The second-order valence-corrected chi connectivity index (χ2v) is 5.47. The lowest BCUT2D eigenvalue weighted by Crippen LogP contribution is -2.26. The number of rotatable bonds is 3. The van der Waals surface area contributed by atoms with Crippen LogP contribution in [0.25, 0.3) is 0 Å². The van der Waals surface area contributed by atoms with Gasteiger partial charge in [0.1, 0.15) is 13.2 Å². The maximum atomic E-state index is 12.3. The van der Waals surface area contributed by atoms with Crippen molar-refractivity contribution in [2.45, 2.75) is 19.9 Å². The topological polar surface area (TPSA) is 47.6 Å². The van der Waals surface area contributed by atoms with Gasteiger partial charge in [-0.15, -0.1) is 0 Å². The van der Waals surface area contributed by atoms with Crippen LogP contribution in [0.4, 0.5) is 0 Å². The summed E-state index contributed by atoms with van der Waals surface area (Å²) in [6.45, 7) is 5.06.